The Balaban J connectivity index is 2.64. The Bertz CT molecular complexity index is 282. The lowest BCUT2D eigenvalue weighted by Gasteiger charge is -2.16. The number of carbonyl (C=O) groups excluding carboxylic acids is 1. The lowest BCUT2D eigenvalue weighted by atomic mass is 10.3. The van der Waals surface area contributed by atoms with Gasteiger partial charge in [-0.25, -0.2) is 9.79 Å². The molecule has 0 N–H and O–H groups in total. The van der Waals surface area contributed by atoms with E-state index in [1.54, 1.807) is 6.92 Å². The van der Waals surface area contributed by atoms with Crippen LogP contribution in [0.1, 0.15) is 6.92 Å². The van der Waals surface area contributed by atoms with E-state index in [0.29, 0.717) is 11.8 Å². The van der Waals surface area contributed by atoms with E-state index in [0.717, 1.165) is 0 Å². The zero-order chi connectivity index (χ0) is 10.6. The first kappa shape index (κ1) is 11.5. The number of aliphatic imine (C=N–C) groups is 1. The van der Waals surface area contributed by atoms with Crippen LogP contribution in [-0.2, 0) is 9.53 Å². The van der Waals surface area contributed by atoms with Crippen molar-refractivity contribution >= 4 is 34.5 Å². The average Bonchev–Trinajstić information content (AvgIpc) is 2.17. The number of thioether (sulfide) groups is 1. The fourth-order valence-corrected chi connectivity index (χ4v) is 1.50. The maximum Gasteiger partial charge on any atom is 0.336 e. The summed E-state index contributed by atoms with van der Waals surface area (Å²) in [5.41, 5.74) is -0.714. The van der Waals surface area contributed by atoms with Crippen LogP contribution >= 0.6 is 23.4 Å². The van der Waals surface area contributed by atoms with E-state index in [1.807, 2.05) is 6.26 Å². The highest BCUT2D eigenvalue weighted by atomic mass is 35.5. The third-order valence-electron chi connectivity index (χ3n) is 1.47. The average molecular weight is 236 g/mol. The van der Waals surface area contributed by atoms with Gasteiger partial charge >= 0.3 is 5.97 Å². The van der Waals surface area contributed by atoms with Crippen molar-refractivity contribution in [1.29, 1.82) is 0 Å². The molecule has 0 bridgehead atoms. The maximum atomic E-state index is 11.3. The quantitative estimate of drug-likeness (QED) is 0.416. The van der Waals surface area contributed by atoms with E-state index in [2.05, 4.69) is 15.2 Å². The predicted octanol–water partition coefficient (Wildman–Crippen LogP) is 1.67. The SMILES string of the molecule is CCOC(=O)C1N=NC(SC)=NC1Cl. The highest BCUT2D eigenvalue weighted by Gasteiger charge is 2.30. The molecule has 5 nitrogen and oxygen atoms in total. The molecule has 7 heteroatoms. The number of ether oxygens (including phenoxy) is 1. The summed E-state index contributed by atoms with van der Waals surface area (Å²) in [5.74, 6) is -0.486. The van der Waals surface area contributed by atoms with Crippen molar-refractivity contribution in [3.05, 3.63) is 0 Å². The summed E-state index contributed by atoms with van der Waals surface area (Å²) < 4.78 is 4.77. The standard InChI is InChI=1S/C7H10ClN3O2S/c1-3-13-6(12)4-5(8)9-7(14-2)11-10-4/h4-5H,3H2,1-2H3. The molecule has 1 aliphatic rings. The summed E-state index contributed by atoms with van der Waals surface area (Å²) in [7, 11) is 0. The Morgan fingerprint density at radius 2 is 2.43 bits per heavy atom. The van der Waals surface area contributed by atoms with Gasteiger partial charge in [0.2, 0.25) is 11.2 Å². The van der Waals surface area contributed by atoms with Gasteiger partial charge in [0.15, 0.2) is 5.50 Å². The van der Waals surface area contributed by atoms with Crippen LogP contribution in [0.25, 0.3) is 0 Å². The fraction of sp³-hybridized carbons (Fsp3) is 0.714. The molecule has 0 spiro atoms. The second kappa shape index (κ2) is 5.31. The fourth-order valence-electron chi connectivity index (χ4n) is 0.849. The van der Waals surface area contributed by atoms with Gasteiger partial charge in [0.25, 0.3) is 0 Å². The van der Waals surface area contributed by atoms with Gasteiger partial charge in [-0.1, -0.05) is 23.4 Å². The number of hydrogen-bond donors (Lipinski definition) is 0. The molecule has 0 aromatic carbocycles. The lowest BCUT2D eigenvalue weighted by Crippen LogP contribution is -2.31. The Labute approximate surface area is 91.0 Å². The first-order chi connectivity index (χ1) is 6.69. The molecule has 0 aromatic heterocycles. The number of alkyl halides is 1. The Morgan fingerprint density at radius 1 is 1.71 bits per heavy atom. The molecule has 0 fully saturated rings. The second-order valence-corrected chi connectivity index (χ2v) is 3.62. The maximum absolute atomic E-state index is 11.3. The van der Waals surface area contributed by atoms with Gasteiger partial charge in [-0.05, 0) is 13.2 Å². The van der Waals surface area contributed by atoms with Crippen LogP contribution in [0.2, 0.25) is 0 Å². The minimum atomic E-state index is -0.812. The molecule has 0 radical (unpaired) electrons. The van der Waals surface area contributed by atoms with Crippen LogP contribution in [0.3, 0.4) is 0 Å². The van der Waals surface area contributed by atoms with Crippen molar-refractivity contribution in [1.82, 2.24) is 0 Å². The molecule has 2 atom stereocenters. The first-order valence-electron chi connectivity index (χ1n) is 4.02. The van der Waals surface area contributed by atoms with Crippen LogP contribution in [-0.4, -0.2) is 35.5 Å². The normalized spacial score (nSPS) is 25.8. The number of amidine groups is 1. The minimum absolute atomic E-state index is 0.299. The Kier molecular flexibility index (Phi) is 4.34. The van der Waals surface area contributed by atoms with Crippen LogP contribution in [0.15, 0.2) is 15.2 Å². The van der Waals surface area contributed by atoms with E-state index in [1.165, 1.54) is 11.8 Å². The van der Waals surface area contributed by atoms with Crippen molar-refractivity contribution in [2.24, 2.45) is 15.2 Å². The molecule has 2 unspecified atom stereocenters. The monoisotopic (exact) mass is 235 g/mol. The molecule has 0 aliphatic carbocycles. The van der Waals surface area contributed by atoms with Gasteiger partial charge in [-0.15, -0.1) is 5.11 Å². The van der Waals surface area contributed by atoms with E-state index < -0.39 is 17.5 Å². The molecule has 0 aromatic rings. The molecule has 78 valence electrons. The summed E-state index contributed by atoms with van der Waals surface area (Å²) >= 11 is 7.16. The molecular formula is C7H10ClN3O2S. The molecular weight excluding hydrogens is 226 g/mol. The summed E-state index contributed by atoms with van der Waals surface area (Å²) in [4.78, 5) is 15.2. The highest BCUT2D eigenvalue weighted by molar-refractivity contribution is 8.13. The minimum Gasteiger partial charge on any atom is -0.464 e. The Morgan fingerprint density at radius 3 is 2.93 bits per heavy atom. The number of carbonyl (C=O) groups is 1. The smallest absolute Gasteiger partial charge is 0.336 e. The summed E-state index contributed by atoms with van der Waals surface area (Å²) in [6, 6.07) is -0.812. The number of nitrogens with zero attached hydrogens (tertiary/aromatic N) is 3. The van der Waals surface area contributed by atoms with E-state index in [9.17, 15) is 4.79 Å². The summed E-state index contributed by atoms with van der Waals surface area (Å²) in [6.07, 6.45) is 1.81. The number of hydrogen-bond acceptors (Lipinski definition) is 6. The molecule has 0 saturated heterocycles. The topological polar surface area (TPSA) is 63.4 Å². The van der Waals surface area contributed by atoms with Gasteiger partial charge in [-0.2, -0.15) is 5.11 Å². The van der Waals surface area contributed by atoms with E-state index in [4.69, 9.17) is 16.3 Å². The predicted molar refractivity (Wildman–Crippen MR) is 55.9 cm³/mol. The molecule has 1 rings (SSSR count). The molecule has 0 amide bonds. The largest absolute Gasteiger partial charge is 0.464 e. The second-order valence-electron chi connectivity index (χ2n) is 2.40. The number of esters is 1. The molecule has 0 saturated carbocycles. The van der Waals surface area contributed by atoms with Crippen molar-refractivity contribution in [3.63, 3.8) is 0 Å². The zero-order valence-corrected chi connectivity index (χ0v) is 9.38. The number of azo groups is 1. The van der Waals surface area contributed by atoms with Crippen LogP contribution in [0, 0.1) is 0 Å². The van der Waals surface area contributed by atoms with Crippen LogP contribution in [0.5, 0.6) is 0 Å². The van der Waals surface area contributed by atoms with Crippen LogP contribution in [0.4, 0.5) is 0 Å². The van der Waals surface area contributed by atoms with Crippen molar-refractivity contribution < 1.29 is 9.53 Å². The zero-order valence-electron chi connectivity index (χ0n) is 7.81. The van der Waals surface area contributed by atoms with Crippen molar-refractivity contribution in [3.8, 4) is 0 Å². The lowest BCUT2D eigenvalue weighted by molar-refractivity contribution is -0.144. The van der Waals surface area contributed by atoms with Crippen LogP contribution < -0.4 is 0 Å². The van der Waals surface area contributed by atoms with Gasteiger partial charge < -0.3 is 4.74 Å². The summed E-state index contributed by atoms with van der Waals surface area (Å²) in [5, 5.41) is 7.96. The Hall–Kier alpha value is -0.620. The van der Waals surface area contributed by atoms with Gasteiger partial charge in [0.1, 0.15) is 0 Å². The molecule has 14 heavy (non-hydrogen) atoms. The van der Waals surface area contributed by atoms with Crippen molar-refractivity contribution in [2.45, 2.75) is 18.5 Å². The highest BCUT2D eigenvalue weighted by Crippen LogP contribution is 2.19. The molecule has 1 aliphatic heterocycles. The van der Waals surface area contributed by atoms with E-state index >= 15 is 0 Å². The van der Waals surface area contributed by atoms with E-state index in [-0.39, 0.29) is 0 Å². The number of rotatable bonds is 2. The van der Waals surface area contributed by atoms with Gasteiger partial charge in [-0.3, -0.25) is 0 Å². The third-order valence-corrected chi connectivity index (χ3v) is 2.36. The van der Waals surface area contributed by atoms with Gasteiger partial charge in [0.05, 0.1) is 6.61 Å². The van der Waals surface area contributed by atoms with Gasteiger partial charge in [0, 0.05) is 0 Å². The number of halogens is 1. The third kappa shape index (κ3) is 2.68. The van der Waals surface area contributed by atoms with Crippen molar-refractivity contribution in [2.75, 3.05) is 12.9 Å². The first-order valence-corrected chi connectivity index (χ1v) is 5.68. The summed E-state index contributed by atoms with van der Waals surface area (Å²) in [6.45, 7) is 2.02. The molecule has 1 heterocycles.